The van der Waals surface area contributed by atoms with E-state index in [1.165, 1.54) is 10.9 Å². The quantitative estimate of drug-likeness (QED) is 0.876. The molecule has 0 saturated heterocycles. The van der Waals surface area contributed by atoms with Crippen LogP contribution in [0.1, 0.15) is 10.4 Å². The van der Waals surface area contributed by atoms with Gasteiger partial charge in [-0.2, -0.15) is 5.10 Å². The van der Waals surface area contributed by atoms with Crippen LogP contribution in [0.2, 0.25) is 0 Å². The lowest BCUT2D eigenvalue weighted by Gasteiger charge is -2.09. The van der Waals surface area contributed by atoms with Gasteiger partial charge in [0.05, 0.1) is 19.0 Å². The summed E-state index contributed by atoms with van der Waals surface area (Å²) in [4.78, 5) is 11.1. The van der Waals surface area contributed by atoms with E-state index in [0.717, 1.165) is 0 Å². The van der Waals surface area contributed by atoms with E-state index in [2.05, 4.69) is 5.10 Å². The third-order valence-corrected chi connectivity index (χ3v) is 2.53. The van der Waals surface area contributed by atoms with E-state index >= 15 is 0 Å². The number of aryl methyl sites for hydroxylation is 1. The summed E-state index contributed by atoms with van der Waals surface area (Å²) in [6.07, 6.45) is 1.34. The molecule has 1 aromatic heterocycles. The molecule has 0 saturated carbocycles. The topological polar surface area (TPSA) is 64.3 Å². The van der Waals surface area contributed by atoms with Crippen LogP contribution in [-0.2, 0) is 7.05 Å². The molecule has 0 aliphatic carbocycles. The van der Waals surface area contributed by atoms with Crippen LogP contribution in [0, 0.1) is 0 Å². The maximum atomic E-state index is 11.1. The minimum absolute atomic E-state index is 0.164. The lowest BCUT2D eigenvalue weighted by atomic mass is 10.1. The molecule has 2 aromatic rings. The molecule has 0 radical (unpaired) electrons. The van der Waals surface area contributed by atoms with Crippen molar-refractivity contribution in [1.82, 2.24) is 9.78 Å². The second-order valence-corrected chi connectivity index (χ2v) is 3.54. The number of nitrogens with zero attached hydrogens (tertiary/aromatic N) is 2. The molecule has 0 aliphatic heterocycles. The first-order valence-corrected chi connectivity index (χ1v) is 5.04. The van der Waals surface area contributed by atoms with Gasteiger partial charge in [-0.1, -0.05) is 12.1 Å². The van der Waals surface area contributed by atoms with Crippen LogP contribution < -0.4 is 4.74 Å². The average Bonchev–Trinajstić information content (AvgIpc) is 2.71. The Bertz CT molecular complexity index is 561. The van der Waals surface area contributed by atoms with Gasteiger partial charge in [0, 0.05) is 12.6 Å². The zero-order valence-corrected chi connectivity index (χ0v) is 9.54. The van der Waals surface area contributed by atoms with E-state index in [1.54, 1.807) is 20.2 Å². The molecule has 0 bridgehead atoms. The number of benzene rings is 1. The highest BCUT2D eigenvalue weighted by molar-refractivity contribution is 5.95. The number of ether oxygens (including phenoxy) is 1. The Morgan fingerprint density at radius 1 is 1.41 bits per heavy atom. The minimum atomic E-state index is -1.00. The van der Waals surface area contributed by atoms with Crippen LogP contribution >= 0.6 is 0 Å². The van der Waals surface area contributed by atoms with Crippen molar-refractivity contribution in [2.24, 2.45) is 7.05 Å². The van der Waals surface area contributed by atoms with Gasteiger partial charge in [0.2, 0.25) is 0 Å². The highest BCUT2D eigenvalue weighted by Gasteiger charge is 2.19. The minimum Gasteiger partial charge on any atom is -0.496 e. The SMILES string of the molecule is COc1ccccc1-c1c(C(=O)O)cnn1C. The van der Waals surface area contributed by atoms with Gasteiger partial charge in [0.1, 0.15) is 11.3 Å². The van der Waals surface area contributed by atoms with Gasteiger partial charge in [-0.25, -0.2) is 4.79 Å². The summed E-state index contributed by atoms with van der Waals surface area (Å²) in [6.45, 7) is 0. The molecule has 0 fully saturated rings. The van der Waals surface area contributed by atoms with Crippen LogP contribution in [0.15, 0.2) is 30.5 Å². The fourth-order valence-electron chi connectivity index (χ4n) is 1.75. The number of methoxy groups -OCH3 is 1. The van der Waals surface area contributed by atoms with E-state index in [4.69, 9.17) is 9.84 Å². The maximum absolute atomic E-state index is 11.1. The van der Waals surface area contributed by atoms with Gasteiger partial charge >= 0.3 is 5.97 Å². The molecule has 17 heavy (non-hydrogen) atoms. The van der Waals surface area contributed by atoms with Crippen molar-refractivity contribution in [1.29, 1.82) is 0 Å². The maximum Gasteiger partial charge on any atom is 0.339 e. The number of aromatic carboxylic acids is 1. The van der Waals surface area contributed by atoms with Gasteiger partial charge in [-0.15, -0.1) is 0 Å². The number of aromatic nitrogens is 2. The zero-order chi connectivity index (χ0) is 12.4. The number of para-hydroxylation sites is 1. The highest BCUT2D eigenvalue weighted by Crippen LogP contribution is 2.31. The number of carbonyl (C=O) groups is 1. The van der Waals surface area contributed by atoms with Crippen LogP contribution in [-0.4, -0.2) is 28.0 Å². The molecule has 0 spiro atoms. The third-order valence-electron chi connectivity index (χ3n) is 2.53. The predicted octanol–water partition coefficient (Wildman–Crippen LogP) is 1.79. The zero-order valence-electron chi connectivity index (χ0n) is 9.54. The average molecular weight is 232 g/mol. The van der Waals surface area contributed by atoms with E-state index in [-0.39, 0.29) is 5.56 Å². The lowest BCUT2D eigenvalue weighted by molar-refractivity contribution is 0.0697. The molecule has 5 nitrogen and oxygen atoms in total. The first-order valence-electron chi connectivity index (χ1n) is 5.04. The van der Waals surface area contributed by atoms with Gasteiger partial charge in [-0.3, -0.25) is 4.68 Å². The van der Waals surface area contributed by atoms with Crippen molar-refractivity contribution in [3.05, 3.63) is 36.0 Å². The van der Waals surface area contributed by atoms with Crippen LogP contribution in [0.5, 0.6) is 5.75 Å². The Morgan fingerprint density at radius 2 is 2.12 bits per heavy atom. The fraction of sp³-hybridized carbons (Fsp3) is 0.167. The van der Waals surface area contributed by atoms with Gasteiger partial charge in [0.25, 0.3) is 0 Å². The molecule has 1 N–H and O–H groups in total. The molecule has 0 atom stereocenters. The van der Waals surface area contributed by atoms with Crippen molar-refractivity contribution in [3.8, 4) is 17.0 Å². The summed E-state index contributed by atoms with van der Waals surface area (Å²) in [6, 6.07) is 7.26. The number of hydrogen-bond acceptors (Lipinski definition) is 3. The molecule has 88 valence electrons. The largest absolute Gasteiger partial charge is 0.496 e. The first-order chi connectivity index (χ1) is 8.15. The van der Waals surface area contributed by atoms with E-state index in [1.807, 2.05) is 18.2 Å². The monoisotopic (exact) mass is 232 g/mol. The van der Waals surface area contributed by atoms with Crippen molar-refractivity contribution in [2.75, 3.05) is 7.11 Å². The normalized spacial score (nSPS) is 10.2. The van der Waals surface area contributed by atoms with E-state index < -0.39 is 5.97 Å². The molecule has 1 aromatic carbocycles. The summed E-state index contributed by atoms with van der Waals surface area (Å²) < 4.78 is 6.75. The summed E-state index contributed by atoms with van der Waals surface area (Å²) in [7, 11) is 3.25. The number of hydrogen-bond donors (Lipinski definition) is 1. The Hall–Kier alpha value is -2.30. The molecule has 5 heteroatoms. The van der Waals surface area contributed by atoms with Crippen molar-refractivity contribution < 1.29 is 14.6 Å². The summed E-state index contributed by atoms with van der Waals surface area (Å²) >= 11 is 0. The van der Waals surface area contributed by atoms with Crippen molar-refractivity contribution in [3.63, 3.8) is 0 Å². The second-order valence-electron chi connectivity index (χ2n) is 3.54. The lowest BCUT2D eigenvalue weighted by Crippen LogP contribution is -2.01. The Kier molecular flexibility index (Phi) is 2.82. The fourth-order valence-corrected chi connectivity index (χ4v) is 1.75. The Labute approximate surface area is 98.3 Å². The summed E-state index contributed by atoms with van der Waals surface area (Å²) in [5.74, 6) is -0.377. The molecule has 0 amide bonds. The third kappa shape index (κ3) is 1.87. The highest BCUT2D eigenvalue weighted by atomic mass is 16.5. The first kappa shape index (κ1) is 11.2. The predicted molar refractivity (Wildman–Crippen MR) is 62.2 cm³/mol. The summed E-state index contributed by atoms with van der Waals surface area (Å²) in [5.41, 5.74) is 1.42. The second kappa shape index (κ2) is 4.29. The molecule has 1 heterocycles. The van der Waals surface area contributed by atoms with Crippen LogP contribution in [0.25, 0.3) is 11.3 Å². The van der Waals surface area contributed by atoms with Crippen molar-refractivity contribution in [2.45, 2.75) is 0 Å². The number of rotatable bonds is 3. The van der Waals surface area contributed by atoms with E-state index in [9.17, 15) is 4.79 Å². The van der Waals surface area contributed by atoms with Gasteiger partial charge < -0.3 is 9.84 Å². The summed E-state index contributed by atoms with van der Waals surface area (Å²) in [5, 5.41) is 13.1. The smallest absolute Gasteiger partial charge is 0.339 e. The molecule has 0 aliphatic rings. The van der Waals surface area contributed by atoms with Crippen LogP contribution in [0.4, 0.5) is 0 Å². The van der Waals surface area contributed by atoms with Gasteiger partial charge in [0.15, 0.2) is 0 Å². The Balaban J connectivity index is 2.67. The standard InChI is InChI=1S/C12H12N2O3/c1-14-11(9(7-13-14)12(15)16)8-5-3-4-6-10(8)17-2/h3-7H,1-2H3,(H,15,16). The van der Waals surface area contributed by atoms with Gasteiger partial charge in [-0.05, 0) is 12.1 Å². The van der Waals surface area contributed by atoms with Crippen molar-refractivity contribution >= 4 is 5.97 Å². The number of carboxylic acid groups (broad SMARTS) is 1. The molecule has 0 unspecified atom stereocenters. The van der Waals surface area contributed by atoms with E-state index in [0.29, 0.717) is 17.0 Å². The van der Waals surface area contributed by atoms with Crippen LogP contribution in [0.3, 0.4) is 0 Å². The molecule has 2 rings (SSSR count). The Morgan fingerprint density at radius 3 is 2.76 bits per heavy atom. The molecular weight excluding hydrogens is 220 g/mol. The molecular formula is C12H12N2O3. The number of carboxylic acids is 1.